The number of nitrogens with zero attached hydrogens (tertiary/aromatic N) is 2. The molecule has 11 nitrogen and oxygen atoms in total. The van der Waals surface area contributed by atoms with Crippen molar-refractivity contribution in [3.05, 3.63) is 61.6 Å². The van der Waals surface area contributed by atoms with Gasteiger partial charge in [-0.3, -0.25) is 9.59 Å². The molecule has 34 heavy (non-hydrogen) atoms. The topological polar surface area (TPSA) is 153 Å². The predicted molar refractivity (Wildman–Crippen MR) is 122 cm³/mol. The van der Waals surface area contributed by atoms with Gasteiger partial charge in [0.25, 0.3) is 11.8 Å². The molecule has 2 aromatic heterocycles. The Bertz CT molecular complexity index is 1250. The molecule has 1 aromatic carbocycles. The zero-order valence-corrected chi connectivity index (χ0v) is 20.3. The first kappa shape index (κ1) is 25.6. The molecule has 0 atom stereocenters. The zero-order chi connectivity index (χ0) is 23.5. The van der Waals surface area contributed by atoms with Gasteiger partial charge in [0.15, 0.2) is 0 Å². The van der Waals surface area contributed by atoms with Crippen LogP contribution in [0.4, 0.5) is 11.4 Å². The van der Waals surface area contributed by atoms with Crippen LogP contribution in [-0.4, -0.2) is 53.2 Å². The molecule has 0 bridgehead atoms. The van der Waals surface area contributed by atoms with Crippen LogP contribution in [0.1, 0.15) is 32.4 Å². The number of nitrogens with one attached hydrogen (secondary N) is 4. The summed E-state index contributed by atoms with van der Waals surface area (Å²) in [6, 6.07) is 4.98. The molecule has 1 saturated heterocycles. The summed E-state index contributed by atoms with van der Waals surface area (Å²) in [6.45, 7) is 4.96. The van der Waals surface area contributed by atoms with E-state index in [2.05, 4.69) is 36.0 Å². The lowest BCUT2D eigenvalue weighted by molar-refractivity contribution is -0.655. The molecule has 2 amide bonds. The highest BCUT2D eigenvalue weighted by Gasteiger charge is 2.23. The van der Waals surface area contributed by atoms with Crippen LogP contribution >= 0.6 is 23.2 Å². The number of nitrogens with two attached hydrogens (primary N) is 1. The molecule has 0 radical (unpaired) electrons. The maximum absolute atomic E-state index is 12.9. The number of carbonyl (C=O) groups excluding carboxylic acids is 2. The molecule has 0 unspecified atom stereocenters. The number of piperazine rings is 1. The van der Waals surface area contributed by atoms with Crippen LogP contribution in [0, 0.1) is 6.92 Å². The number of H-pyrrole nitrogens is 2. The Hall–Kier alpha value is -2.99. The number of aromatic nitrogens is 3. The van der Waals surface area contributed by atoms with Crippen molar-refractivity contribution in [2.24, 2.45) is 0 Å². The number of amides is 2. The van der Waals surface area contributed by atoms with E-state index in [0.717, 1.165) is 26.2 Å². The SMILES string of the molecule is Cc1[nH]c(C(=O)Nc2ccc(C(=O)NCc3n[nH]c(=O)o3)cc2N2CC[NH2+]CC2)c(Cl)c1Cl.[Cl-]. The molecule has 3 aromatic rings. The van der Waals surface area contributed by atoms with E-state index in [1.165, 1.54) is 0 Å². The summed E-state index contributed by atoms with van der Waals surface area (Å²) in [5.74, 6) is -1.44. The van der Waals surface area contributed by atoms with E-state index in [4.69, 9.17) is 27.6 Å². The van der Waals surface area contributed by atoms with Gasteiger partial charge in [0.2, 0.25) is 5.89 Å². The molecule has 0 spiro atoms. The van der Waals surface area contributed by atoms with Gasteiger partial charge in [-0.1, -0.05) is 23.2 Å². The monoisotopic (exact) mass is 529 g/mol. The number of anilines is 2. The minimum atomic E-state index is -0.692. The van der Waals surface area contributed by atoms with Gasteiger partial charge in [-0.15, -0.1) is 5.10 Å². The quantitative estimate of drug-likeness (QED) is 0.246. The first-order chi connectivity index (χ1) is 15.8. The molecule has 14 heteroatoms. The fourth-order valence-corrected chi connectivity index (χ4v) is 3.96. The highest BCUT2D eigenvalue weighted by Crippen LogP contribution is 2.32. The van der Waals surface area contributed by atoms with E-state index in [1.807, 2.05) is 0 Å². The molecule has 1 aliphatic rings. The van der Waals surface area contributed by atoms with E-state index in [1.54, 1.807) is 25.1 Å². The number of hydrogen-bond acceptors (Lipinski definition) is 6. The molecule has 3 heterocycles. The Labute approximate surface area is 210 Å². The second-order valence-electron chi connectivity index (χ2n) is 7.48. The van der Waals surface area contributed by atoms with Gasteiger partial charge in [0.1, 0.15) is 5.69 Å². The van der Waals surface area contributed by atoms with E-state index >= 15 is 0 Å². The molecule has 6 N–H and O–H groups in total. The summed E-state index contributed by atoms with van der Waals surface area (Å²) < 4.78 is 4.79. The largest absolute Gasteiger partial charge is 1.00 e. The number of aryl methyl sites for hydroxylation is 1. The fourth-order valence-electron chi connectivity index (χ4n) is 3.54. The second kappa shape index (κ2) is 11.0. The van der Waals surface area contributed by atoms with Gasteiger partial charge in [0, 0.05) is 11.3 Å². The van der Waals surface area contributed by atoms with Gasteiger partial charge in [-0.25, -0.2) is 9.89 Å². The summed E-state index contributed by atoms with van der Waals surface area (Å²) in [5, 5.41) is 14.0. The minimum absolute atomic E-state index is 0. The van der Waals surface area contributed by atoms with Crippen LogP contribution in [0.3, 0.4) is 0 Å². The molecule has 0 aliphatic carbocycles. The third-order valence-electron chi connectivity index (χ3n) is 5.22. The predicted octanol–water partition coefficient (Wildman–Crippen LogP) is -2.12. The maximum Gasteiger partial charge on any atom is 0.434 e. The first-order valence-corrected chi connectivity index (χ1v) is 11.0. The van der Waals surface area contributed by atoms with Crippen molar-refractivity contribution in [3.63, 3.8) is 0 Å². The lowest BCUT2D eigenvalue weighted by Gasteiger charge is -2.29. The first-order valence-electron chi connectivity index (χ1n) is 10.2. The van der Waals surface area contributed by atoms with Crippen molar-refractivity contribution in [2.45, 2.75) is 13.5 Å². The number of rotatable bonds is 6. The van der Waals surface area contributed by atoms with Crippen LogP contribution in [0.15, 0.2) is 27.4 Å². The van der Waals surface area contributed by atoms with Crippen molar-refractivity contribution in [2.75, 3.05) is 36.4 Å². The van der Waals surface area contributed by atoms with Gasteiger partial charge in [0.05, 0.1) is 54.1 Å². The zero-order valence-electron chi connectivity index (χ0n) is 18.0. The Morgan fingerprint density at radius 2 is 1.94 bits per heavy atom. The maximum atomic E-state index is 12.9. The third kappa shape index (κ3) is 5.55. The molecule has 1 fully saturated rings. The number of quaternary nitrogens is 1. The molecule has 4 rings (SSSR count). The summed E-state index contributed by atoms with van der Waals surface area (Å²) in [7, 11) is 0. The van der Waals surface area contributed by atoms with E-state index in [0.29, 0.717) is 27.7 Å². The molecular formula is C20H22Cl3N7O4. The summed E-state index contributed by atoms with van der Waals surface area (Å²) in [4.78, 5) is 41.6. The third-order valence-corrected chi connectivity index (χ3v) is 6.17. The summed E-state index contributed by atoms with van der Waals surface area (Å²) >= 11 is 12.3. The van der Waals surface area contributed by atoms with E-state index in [-0.39, 0.29) is 41.5 Å². The number of benzene rings is 1. The molecule has 1 aliphatic heterocycles. The number of aromatic amines is 2. The van der Waals surface area contributed by atoms with Gasteiger partial charge in [-0.2, -0.15) is 0 Å². The average Bonchev–Trinajstić information content (AvgIpc) is 3.36. The van der Waals surface area contributed by atoms with Crippen LogP contribution in [-0.2, 0) is 6.54 Å². The number of halogens is 3. The van der Waals surface area contributed by atoms with Crippen molar-refractivity contribution in [1.29, 1.82) is 0 Å². The molecule has 0 saturated carbocycles. The Morgan fingerprint density at radius 3 is 2.56 bits per heavy atom. The highest BCUT2D eigenvalue weighted by molar-refractivity contribution is 6.44. The van der Waals surface area contributed by atoms with Gasteiger partial charge in [-0.05, 0) is 25.1 Å². The Kier molecular flexibility index (Phi) is 8.26. The van der Waals surface area contributed by atoms with Crippen molar-refractivity contribution < 1.29 is 31.7 Å². The normalized spacial score (nSPS) is 13.3. The Balaban J connectivity index is 0.00000324. The van der Waals surface area contributed by atoms with Crippen LogP contribution in [0.5, 0.6) is 0 Å². The van der Waals surface area contributed by atoms with Crippen LogP contribution in [0.2, 0.25) is 10.0 Å². The van der Waals surface area contributed by atoms with Crippen molar-refractivity contribution in [1.82, 2.24) is 20.5 Å². The standard InChI is InChI=1S/C20H21Cl2N7O4.ClH/c1-10-15(21)16(22)17(25-10)19(31)26-12-3-2-11(8-13(12)29-6-4-23-5-7-29)18(30)24-9-14-27-28-20(32)33-14;/h2-3,8,23,25H,4-7,9H2,1H3,(H,24,30)(H,26,31)(H,28,32);1H. The second-order valence-corrected chi connectivity index (χ2v) is 8.24. The van der Waals surface area contributed by atoms with Gasteiger partial charge < -0.3 is 42.7 Å². The van der Waals surface area contributed by atoms with Crippen LogP contribution < -0.4 is 39.0 Å². The highest BCUT2D eigenvalue weighted by atomic mass is 35.5. The smallest absolute Gasteiger partial charge is 0.434 e. The summed E-state index contributed by atoms with van der Waals surface area (Å²) in [6.07, 6.45) is 0. The van der Waals surface area contributed by atoms with Crippen molar-refractivity contribution >= 4 is 46.4 Å². The summed E-state index contributed by atoms with van der Waals surface area (Å²) in [5.41, 5.74) is 2.39. The van der Waals surface area contributed by atoms with Crippen LogP contribution in [0.25, 0.3) is 0 Å². The van der Waals surface area contributed by atoms with E-state index in [9.17, 15) is 14.4 Å². The lowest BCUT2D eigenvalue weighted by Crippen LogP contribution is -3.00. The molecule has 182 valence electrons. The minimum Gasteiger partial charge on any atom is -1.00 e. The number of carbonyl (C=O) groups is 2. The van der Waals surface area contributed by atoms with E-state index < -0.39 is 11.7 Å². The van der Waals surface area contributed by atoms with Gasteiger partial charge >= 0.3 is 5.76 Å². The fraction of sp³-hybridized carbons (Fsp3) is 0.300. The molecular weight excluding hydrogens is 509 g/mol. The van der Waals surface area contributed by atoms with Crippen molar-refractivity contribution in [3.8, 4) is 0 Å². The number of hydrogen-bond donors (Lipinski definition) is 5. The average molecular weight is 531 g/mol. The lowest BCUT2D eigenvalue weighted by atomic mass is 10.1. The Morgan fingerprint density at radius 1 is 1.21 bits per heavy atom.